The summed E-state index contributed by atoms with van der Waals surface area (Å²) in [7, 11) is 1.42. The molecule has 0 saturated heterocycles. The van der Waals surface area contributed by atoms with Crippen molar-refractivity contribution in [3.63, 3.8) is 0 Å². The first kappa shape index (κ1) is 15.9. The van der Waals surface area contributed by atoms with E-state index in [-0.39, 0.29) is 17.3 Å². The molecule has 3 N–H and O–H groups in total. The van der Waals surface area contributed by atoms with Gasteiger partial charge < -0.3 is 15.8 Å². The van der Waals surface area contributed by atoms with Crippen LogP contribution in [0.3, 0.4) is 0 Å². The molecule has 0 heterocycles. The van der Waals surface area contributed by atoms with Gasteiger partial charge in [0.2, 0.25) is 5.91 Å². The molecule has 0 bridgehead atoms. The van der Waals surface area contributed by atoms with Gasteiger partial charge in [0.1, 0.15) is 5.75 Å². The third-order valence-corrected chi connectivity index (χ3v) is 2.71. The highest BCUT2D eigenvalue weighted by molar-refractivity contribution is 5.96. The number of non-ortho nitro benzene ring substituents is 1. The molecule has 0 radical (unpaired) electrons. The largest absolute Gasteiger partial charge is 0.495 e. The smallest absolute Gasteiger partial charge is 0.271 e. The van der Waals surface area contributed by atoms with E-state index in [4.69, 9.17) is 10.5 Å². The predicted octanol–water partition coefficient (Wildman–Crippen LogP) is 1.92. The van der Waals surface area contributed by atoms with Crippen LogP contribution in [0.2, 0.25) is 0 Å². The lowest BCUT2D eigenvalue weighted by molar-refractivity contribution is -0.384. The van der Waals surface area contributed by atoms with E-state index in [9.17, 15) is 14.9 Å². The topological polar surface area (TPSA) is 107 Å². The zero-order valence-electron chi connectivity index (χ0n) is 11.8. The number of nitrogens with one attached hydrogen (secondary N) is 1. The molecule has 0 saturated carbocycles. The lowest BCUT2D eigenvalue weighted by Gasteiger charge is -2.15. The number of nitro groups is 1. The molecule has 0 fully saturated rings. The standard InChI is InChI=1S/C13H19N3O4/c1-8(2)6-10(14)13(17)15-11-7-9(16(18)19)4-5-12(11)20-3/h4-5,7-8,10H,6,14H2,1-3H3,(H,15,17)/t10-/m1/s1. The second kappa shape index (κ2) is 6.85. The molecule has 0 aliphatic heterocycles. The first-order valence-electron chi connectivity index (χ1n) is 6.24. The van der Waals surface area contributed by atoms with Gasteiger partial charge in [-0.3, -0.25) is 14.9 Å². The van der Waals surface area contributed by atoms with Crippen molar-refractivity contribution in [3.8, 4) is 5.75 Å². The number of nitrogens with zero attached hydrogens (tertiary/aromatic N) is 1. The summed E-state index contributed by atoms with van der Waals surface area (Å²) in [6.45, 7) is 3.92. The second-order valence-electron chi connectivity index (χ2n) is 4.87. The number of rotatable bonds is 6. The monoisotopic (exact) mass is 281 g/mol. The molecule has 1 amide bonds. The number of ether oxygens (including phenoxy) is 1. The highest BCUT2D eigenvalue weighted by atomic mass is 16.6. The number of benzene rings is 1. The maximum absolute atomic E-state index is 11.9. The number of carbonyl (C=O) groups excluding carboxylic acids is 1. The lowest BCUT2D eigenvalue weighted by Crippen LogP contribution is -2.36. The minimum absolute atomic E-state index is 0.126. The molecule has 0 unspecified atom stereocenters. The van der Waals surface area contributed by atoms with Crippen LogP contribution in [0.1, 0.15) is 20.3 Å². The number of carbonyl (C=O) groups is 1. The van der Waals surface area contributed by atoms with Crippen LogP contribution in [0, 0.1) is 16.0 Å². The minimum atomic E-state index is -0.668. The van der Waals surface area contributed by atoms with Crippen LogP contribution in [0.5, 0.6) is 5.75 Å². The molecular formula is C13H19N3O4. The normalized spacial score (nSPS) is 12.1. The fraction of sp³-hybridized carbons (Fsp3) is 0.462. The fourth-order valence-electron chi connectivity index (χ4n) is 1.75. The van der Waals surface area contributed by atoms with Crippen molar-refractivity contribution < 1.29 is 14.5 Å². The Labute approximate surface area is 117 Å². The van der Waals surface area contributed by atoms with Gasteiger partial charge in [0.25, 0.3) is 5.69 Å². The zero-order valence-corrected chi connectivity index (χ0v) is 11.8. The Morgan fingerprint density at radius 1 is 1.50 bits per heavy atom. The Kier molecular flexibility index (Phi) is 5.45. The average Bonchev–Trinajstić information content (AvgIpc) is 2.37. The molecule has 0 aliphatic carbocycles. The third kappa shape index (κ3) is 4.20. The Bertz CT molecular complexity index is 502. The zero-order chi connectivity index (χ0) is 15.3. The van der Waals surface area contributed by atoms with Crippen LogP contribution >= 0.6 is 0 Å². The summed E-state index contributed by atoms with van der Waals surface area (Å²) in [5, 5.41) is 13.3. The van der Waals surface area contributed by atoms with Gasteiger partial charge in [-0.2, -0.15) is 0 Å². The summed E-state index contributed by atoms with van der Waals surface area (Å²) >= 11 is 0. The molecular weight excluding hydrogens is 262 g/mol. The van der Waals surface area contributed by atoms with Gasteiger partial charge in [0.05, 0.1) is 23.8 Å². The van der Waals surface area contributed by atoms with Crippen LogP contribution < -0.4 is 15.8 Å². The van der Waals surface area contributed by atoms with E-state index >= 15 is 0 Å². The van der Waals surface area contributed by atoms with E-state index in [0.29, 0.717) is 12.2 Å². The van der Waals surface area contributed by atoms with Gasteiger partial charge in [0.15, 0.2) is 0 Å². The van der Waals surface area contributed by atoms with Crippen molar-refractivity contribution in [1.29, 1.82) is 0 Å². The molecule has 0 spiro atoms. The number of anilines is 1. The summed E-state index contributed by atoms with van der Waals surface area (Å²) in [5.74, 6) is 0.237. The van der Waals surface area contributed by atoms with E-state index in [1.807, 2.05) is 13.8 Å². The van der Waals surface area contributed by atoms with Gasteiger partial charge in [-0.15, -0.1) is 0 Å². The van der Waals surface area contributed by atoms with Crippen LogP contribution in [-0.2, 0) is 4.79 Å². The molecule has 20 heavy (non-hydrogen) atoms. The molecule has 1 atom stereocenters. The number of nitrogens with two attached hydrogens (primary N) is 1. The molecule has 0 aliphatic rings. The minimum Gasteiger partial charge on any atom is -0.495 e. The van der Waals surface area contributed by atoms with E-state index < -0.39 is 16.9 Å². The van der Waals surface area contributed by atoms with Crippen molar-refractivity contribution in [2.75, 3.05) is 12.4 Å². The van der Waals surface area contributed by atoms with E-state index in [1.54, 1.807) is 0 Å². The molecule has 7 nitrogen and oxygen atoms in total. The molecule has 110 valence electrons. The summed E-state index contributed by atoms with van der Waals surface area (Å²) in [5.41, 5.74) is 5.88. The molecule has 1 aromatic carbocycles. The van der Waals surface area contributed by atoms with Gasteiger partial charge in [-0.25, -0.2) is 0 Å². The van der Waals surface area contributed by atoms with Crippen LogP contribution in [0.4, 0.5) is 11.4 Å². The number of hydrogen-bond acceptors (Lipinski definition) is 5. The van der Waals surface area contributed by atoms with Gasteiger partial charge in [0, 0.05) is 12.1 Å². The molecule has 1 aromatic rings. The Hall–Kier alpha value is -2.15. The number of methoxy groups -OCH3 is 1. The summed E-state index contributed by atoms with van der Waals surface area (Å²) in [6.07, 6.45) is 0.531. The Morgan fingerprint density at radius 3 is 2.65 bits per heavy atom. The summed E-state index contributed by atoms with van der Waals surface area (Å²) < 4.78 is 5.06. The Morgan fingerprint density at radius 2 is 2.15 bits per heavy atom. The van der Waals surface area contributed by atoms with Gasteiger partial charge in [-0.1, -0.05) is 13.8 Å². The number of amides is 1. The molecule has 1 rings (SSSR count). The number of hydrogen-bond donors (Lipinski definition) is 2. The van der Waals surface area contributed by atoms with Gasteiger partial charge in [-0.05, 0) is 18.4 Å². The lowest BCUT2D eigenvalue weighted by atomic mass is 10.0. The average molecular weight is 281 g/mol. The van der Waals surface area contributed by atoms with Crippen LogP contribution in [0.25, 0.3) is 0 Å². The van der Waals surface area contributed by atoms with E-state index in [1.165, 1.54) is 25.3 Å². The maximum Gasteiger partial charge on any atom is 0.271 e. The maximum atomic E-state index is 11.9. The first-order valence-corrected chi connectivity index (χ1v) is 6.24. The Balaban J connectivity index is 2.92. The molecule has 7 heteroatoms. The first-order chi connectivity index (χ1) is 9.35. The summed E-state index contributed by atoms with van der Waals surface area (Å²) in [6, 6.07) is 3.32. The van der Waals surface area contributed by atoms with Crippen molar-refractivity contribution in [2.24, 2.45) is 11.7 Å². The second-order valence-corrected chi connectivity index (χ2v) is 4.87. The summed E-state index contributed by atoms with van der Waals surface area (Å²) in [4.78, 5) is 22.1. The van der Waals surface area contributed by atoms with Crippen LogP contribution in [0.15, 0.2) is 18.2 Å². The van der Waals surface area contributed by atoms with Crippen molar-refractivity contribution >= 4 is 17.3 Å². The fourth-order valence-corrected chi connectivity index (χ4v) is 1.75. The highest BCUT2D eigenvalue weighted by Crippen LogP contribution is 2.29. The van der Waals surface area contributed by atoms with Gasteiger partial charge >= 0.3 is 0 Å². The van der Waals surface area contributed by atoms with E-state index in [2.05, 4.69) is 5.32 Å². The van der Waals surface area contributed by atoms with E-state index in [0.717, 1.165) is 0 Å². The third-order valence-electron chi connectivity index (χ3n) is 2.71. The van der Waals surface area contributed by atoms with Crippen molar-refractivity contribution in [1.82, 2.24) is 0 Å². The predicted molar refractivity (Wildman–Crippen MR) is 75.7 cm³/mol. The quantitative estimate of drug-likeness (QED) is 0.611. The van der Waals surface area contributed by atoms with Crippen molar-refractivity contribution in [3.05, 3.63) is 28.3 Å². The SMILES string of the molecule is COc1ccc([N+](=O)[O-])cc1NC(=O)[C@H](N)CC(C)C. The molecule has 0 aromatic heterocycles. The highest BCUT2D eigenvalue weighted by Gasteiger charge is 2.18. The number of nitro benzene ring substituents is 1. The van der Waals surface area contributed by atoms with Crippen LogP contribution in [-0.4, -0.2) is 24.0 Å². The van der Waals surface area contributed by atoms with Crippen molar-refractivity contribution in [2.45, 2.75) is 26.3 Å².